The van der Waals surface area contributed by atoms with Gasteiger partial charge in [-0.1, -0.05) is 6.08 Å². The Morgan fingerprint density at radius 2 is 2.17 bits per heavy atom. The van der Waals surface area contributed by atoms with Gasteiger partial charge in [0.15, 0.2) is 11.5 Å². The third-order valence-electron chi connectivity index (χ3n) is 2.32. The van der Waals surface area contributed by atoms with E-state index in [0.29, 0.717) is 13.2 Å². The van der Waals surface area contributed by atoms with Crippen LogP contribution in [0.3, 0.4) is 0 Å². The van der Waals surface area contributed by atoms with Gasteiger partial charge in [-0.15, -0.1) is 6.58 Å². The minimum atomic E-state index is 0.605. The van der Waals surface area contributed by atoms with Crippen molar-refractivity contribution < 1.29 is 9.47 Å². The molecular weight excluding hydrogens is 294 g/mol. The summed E-state index contributed by atoms with van der Waals surface area (Å²) in [5, 5.41) is 3.12. The van der Waals surface area contributed by atoms with Crippen molar-refractivity contribution in [3.63, 3.8) is 0 Å². The quantitative estimate of drug-likeness (QED) is 0.588. The van der Waals surface area contributed by atoms with Gasteiger partial charge in [0.05, 0.1) is 17.7 Å². The van der Waals surface area contributed by atoms with Gasteiger partial charge in [0, 0.05) is 6.54 Å². The van der Waals surface area contributed by atoms with E-state index in [1.54, 1.807) is 0 Å². The number of halogens is 1. The summed E-state index contributed by atoms with van der Waals surface area (Å²) in [6, 6.07) is 4.05. The van der Waals surface area contributed by atoms with Gasteiger partial charge in [0.1, 0.15) is 0 Å². The summed E-state index contributed by atoms with van der Waals surface area (Å²) in [5.41, 5.74) is 1.16. The van der Waals surface area contributed by atoms with Crippen LogP contribution in [0.15, 0.2) is 29.3 Å². The van der Waals surface area contributed by atoms with Gasteiger partial charge in [0.25, 0.3) is 0 Å². The smallest absolute Gasteiger partial charge is 0.175 e. The molecule has 3 nitrogen and oxygen atoms in total. The van der Waals surface area contributed by atoms with Gasteiger partial charge in [-0.2, -0.15) is 0 Å². The molecule has 0 fully saturated rings. The van der Waals surface area contributed by atoms with E-state index in [2.05, 4.69) is 27.8 Å². The van der Waals surface area contributed by atoms with Crippen molar-refractivity contribution in [3.05, 3.63) is 34.8 Å². The molecule has 0 aliphatic heterocycles. The Balaban J connectivity index is 2.94. The maximum atomic E-state index is 5.73. The van der Waals surface area contributed by atoms with Gasteiger partial charge in [-0.25, -0.2) is 0 Å². The third-order valence-corrected chi connectivity index (χ3v) is 2.91. The molecule has 0 aliphatic carbocycles. The number of ether oxygens (including phenoxy) is 2. The summed E-state index contributed by atoms with van der Waals surface area (Å²) in [4.78, 5) is 0. The first-order valence-electron chi connectivity index (χ1n) is 6.06. The third kappa shape index (κ3) is 4.35. The Labute approximate surface area is 117 Å². The SMILES string of the molecule is C=CCCOc1c(Br)cc(CNC)cc1OCC. The average molecular weight is 314 g/mol. The van der Waals surface area contributed by atoms with E-state index in [4.69, 9.17) is 9.47 Å². The molecule has 4 heteroatoms. The molecular formula is C14H20BrNO2. The van der Waals surface area contributed by atoms with Gasteiger partial charge in [-0.05, 0) is 54.0 Å². The molecule has 0 unspecified atom stereocenters. The van der Waals surface area contributed by atoms with Crippen LogP contribution in [-0.2, 0) is 6.54 Å². The van der Waals surface area contributed by atoms with E-state index >= 15 is 0 Å². The molecule has 18 heavy (non-hydrogen) atoms. The Morgan fingerprint density at radius 3 is 2.78 bits per heavy atom. The normalized spacial score (nSPS) is 10.2. The molecule has 0 bridgehead atoms. The molecule has 1 aromatic carbocycles. The van der Waals surface area contributed by atoms with Crippen LogP contribution in [0.2, 0.25) is 0 Å². The molecule has 0 amide bonds. The fourth-order valence-electron chi connectivity index (χ4n) is 1.57. The molecule has 0 saturated heterocycles. The molecule has 1 rings (SSSR count). The minimum Gasteiger partial charge on any atom is -0.490 e. The first-order valence-corrected chi connectivity index (χ1v) is 6.85. The number of rotatable bonds is 8. The number of hydrogen-bond donors (Lipinski definition) is 1. The summed E-state index contributed by atoms with van der Waals surface area (Å²) in [5.74, 6) is 1.54. The summed E-state index contributed by atoms with van der Waals surface area (Å²) in [6.45, 7) is 7.66. The van der Waals surface area contributed by atoms with E-state index in [-0.39, 0.29) is 0 Å². The van der Waals surface area contributed by atoms with Gasteiger partial charge in [-0.3, -0.25) is 0 Å². The van der Waals surface area contributed by atoms with Crippen LogP contribution in [0.25, 0.3) is 0 Å². The molecule has 0 heterocycles. The van der Waals surface area contributed by atoms with Crippen LogP contribution in [0, 0.1) is 0 Å². The Morgan fingerprint density at radius 1 is 1.39 bits per heavy atom. The monoisotopic (exact) mass is 313 g/mol. The van der Waals surface area contributed by atoms with E-state index in [0.717, 1.165) is 34.5 Å². The molecule has 1 N–H and O–H groups in total. The zero-order valence-electron chi connectivity index (χ0n) is 11.0. The Kier molecular flexibility index (Phi) is 6.83. The molecule has 0 aromatic heterocycles. The highest BCUT2D eigenvalue weighted by atomic mass is 79.9. The van der Waals surface area contributed by atoms with E-state index < -0.39 is 0 Å². The second kappa shape index (κ2) is 8.16. The largest absolute Gasteiger partial charge is 0.490 e. The summed E-state index contributed by atoms with van der Waals surface area (Å²) in [7, 11) is 1.92. The van der Waals surface area contributed by atoms with Gasteiger partial charge in [0.2, 0.25) is 0 Å². The lowest BCUT2D eigenvalue weighted by Gasteiger charge is -2.15. The summed E-state index contributed by atoms with van der Waals surface area (Å²) in [6.07, 6.45) is 2.65. The molecule has 1 aromatic rings. The summed E-state index contributed by atoms with van der Waals surface area (Å²) < 4.78 is 12.3. The zero-order valence-corrected chi connectivity index (χ0v) is 12.5. The van der Waals surface area contributed by atoms with Gasteiger partial charge < -0.3 is 14.8 Å². The fourth-order valence-corrected chi connectivity index (χ4v) is 2.18. The Hall–Kier alpha value is -1.00. The molecule has 0 radical (unpaired) electrons. The van der Waals surface area contributed by atoms with Crippen molar-refractivity contribution in [2.45, 2.75) is 19.9 Å². The van der Waals surface area contributed by atoms with Crippen molar-refractivity contribution in [2.75, 3.05) is 20.3 Å². The molecule has 0 aliphatic rings. The van der Waals surface area contributed by atoms with Crippen molar-refractivity contribution in [3.8, 4) is 11.5 Å². The number of nitrogens with one attached hydrogen (secondary N) is 1. The zero-order chi connectivity index (χ0) is 13.4. The van der Waals surface area contributed by atoms with Crippen LogP contribution in [0.4, 0.5) is 0 Å². The fraction of sp³-hybridized carbons (Fsp3) is 0.429. The highest BCUT2D eigenvalue weighted by molar-refractivity contribution is 9.10. The van der Waals surface area contributed by atoms with Gasteiger partial charge >= 0.3 is 0 Å². The molecule has 0 saturated carbocycles. The first-order chi connectivity index (χ1) is 8.72. The van der Waals surface area contributed by atoms with E-state index in [1.807, 2.05) is 32.2 Å². The topological polar surface area (TPSA) is 30.5 Å². The second-order valence-electron chi connectivity index (χ2n) is 3.79. The molecule has 100 valence electrons. The first kappa shape index (κ1) is 15.1. The number of benzene rings is 1. The van der Waals surface area contributed by atoms with Crippen molar-refractivity contribution >= 4 is 15.9 Å². The molecule has 0 atom stereocenters. The van der Waals surface area contributed by atoms with Crippen LogP contribution in [0.5, 0.6) is 11.5 Å². The summed E-state index contributed by atoms with van der Waals surface area (Å²) >= 11 is 3.53. The number of hydrogen-bond acceptors (Lipinski definition) is 3. The highest BCUT2D eigenvalue weighted by Crippen LogP contribution is 2.37. The molecule has 0 spiro atoms. The minimum absolute atomic E-state index is 0.605. The Bertz CT molecular complexity index is 394. The van der Waals surface area contributed by atoms with E-state index in [9.17, 15) is 0 Å². The van der Waals surface area contributed by atoms with Crippen LogP contribution < -0.4 is 14.8 Å². The predicted molar refractivity (Wildman–Crippen MR) is 78.4 cm³/mol. The standard InChI is InChI=1S/C14H20BrNO2/c1-4-6-7-18-14-12(15)8-11(10-16-3)9-13(14)17-5-2/h4,8-9,16H,1,5-7,10H2,2-3H3. The lowest BCUT2D eigenvalue weighted by molar-refractivity contribution is 0.279. The van der Waals surface area contributed by atoms with Crippen LogP contribution in [-0.4, -0.2) is 20.3 Å². The lowest BCUT2D eigenvalue weighted by Crippen LogP contribution is -2.07. The maximum absolute atomic E-state index is 5.73. The lowest BCUT2D eigenvalue weighted by atomic mass is 10.2. The van der Waals surface area contributed by atoms with Crippen LogP contribution in [0.1, 0.15) is 18.9 Å². The van der Waals surface area contributed by atoms with Crippen molar-refractivity contribution in [1.82, 2.24) is 5.32 Å². The maximum Gasteiger partial charge on any atom is 0.175 e. The van der Waals surface area contributed by atoms with Crippen LogP contribution >= 0.6 is 15.9 Å². The predicted octanol–water partition coefficient (Wildman–Crippen LogP) is 3.52. The van der Waals surface area contributed by atoms with Crippen molar-refractivity contribution in [2.24, 2.45) is 0 Å². The van der Waals surface area contributed by atoms with E-state index in [1.165, 1.54) is 0 Å². The van der Waals surface area contributed by atoms with Crippen molar-refractivity contribution in [1.29, 1.82) is 0 Å². The average Bonchev–Trinajstić information content (AvgIpc) is 2.33. The second-order valence-corrected chi connectivity index (χ2v) is 4.65. The highest BCUT2D eigenvalue weighted by Gasteiger charge is 2.11.